The number of hydrogen-bond acceptors (Lipinski definition) is 6. The maximum Gasteiger partial charge on any atom is 0.323 e. The minimum Gasteiger partial charge on any atom is -0.497 e. The number of para-hydroxylation sites is 1. The Hall–Kier alpha value is -4.77. The smallest absolute Gasteiger partial charge is 0.323 e. The maximum atomic E-state index is 13.7. The molecule has 11 heteroatoms. The normalized spacial score (nSPS) is 17.1. The maximum absolute atomic E-state index is 13.7. The zero-order chi connectivity index (χ0) is 30.2. The van der Waals surface area contributed by atoms with Crippen molar-refractivity contribution in [3.8, 4) is 11.5 Å². The van der Waals surface area contributed by atoms with Crippen LogP contribution in [-0.2, 0) is 0 Å². The van der Waals surface area contributed by atoms with Crippen molar-refractivity contribution in [2.75, 3.05) is 49.8 Å². The van der Waals surface area contributed by atoms with E-state index in [1.54, 1.807) is 80.6 Å². The van der Waals surface area contributed by atoms with Crippen LogP contribution in [0.25, 0.3) is 0 Å². The molecule has 5 amide bonds. The summed E-state index contributed by atoms with van der Waals surface area (Å²) in [6.07, 6.45) is -0.464. The highest BCUT2D eigenvalue weighted by molar-refractivity contribution is 6.02. The molecule has 11 nitrogen and oxygen atoms in total. The predicted octanol–water partition coefficient (Wildman–Crippen LogP) is 4.72. The van der Waals surface area contributed by atoms with Gasteiger partial charge in [-0.3, -0.25) is 4.79 Å². The predicted molar refractivity (Wildman–Crippen MR) is 161 cm³/mol. The summed E-state index contributed by atoms with van der Waals surface area (Å²) in [6.45, 7) is 4.04. The fraction of sp³-hybridized carbons (Fsp3) is 0.323. The fourth-order valence-electron chi connectivity index (χ4n) is 4.58. The van der Waals surface area contributed by atoms with Crippen molar-refractivity contribution >= 4 is 35.0 Å². The van der Waals surface area contributed by atoms with E-state index < -0.39 is 18.2 Å². The molecule has 0 radical (unpaired) electrons. The Balaban J connectivity index is 1.54. The number of nitrogens with one attached hydrogen (secondary N) is 3. The van der Waals surface area contributed by atoms with E-state index in [1.165, 1.54) is 4.90 Å². The Morgan fingerprint density at radius 3 is 2.33 bits per heavy atom. The highest BCUT2D eigenvalue weighted by Crippen LogP contribution is 2.31. The molecular formula is C31H37N5O6. The molecule has 222 valence electrons. The number of anilines is 3. The number of aliphatic hydroxyl groups excluding tert-OH is 1. The molecule has 0 unspecified atom stereocenters. The summed E-state index contributed by atoms with van der Waals surface area (Å²) < 4.78 is 11.5. The number of nitrogens with zero attached hydrogens (tertiary/aromatic N) is 2. The van der Waals surface area contributed by atoms with Crippen LogP contribution in [0.3, 0.4) is 0 Å². The van der Waals surface area contributed by atoms with Crippen molar-refractivity contribution in [3.63, 3.8) is 0 Å². The molecule has 0 saturated carbocycles. The molecule has 3 aromatic carbocycles. The summed E-state index contributed by atoms with van der Waals surface area (Å²) >= 11 is 0. The van der Waals surface area contributed by atoms with E-state index in [-0.39, 0.29) is 36.6 Å². The molecule has 1 aliphatic rings. The molecule has 3 atom stereocenters. The largest absolute Gasteiger partial charge is 0.497 e. The first-order valence-corrected chi connectivity index (χ1v) is 13.7. The van der Waals surface area contributed by atoms with Crippen LogP contribution in [-0.4, -0.2) is 78.9 Å². The highest BCUT2D eigenvalue weighted by atomic mass is 16.5. The fourth-order valence-corrected chi connectivity index (χ4v) is 4.58. The van der Waals surface area contributed by atoms with Gasteiger partial charge in [-0.15, -0.1) is 0 Å². The zero-order valence-electron chi connectivity index (χ0n) is 24.2. The van der Waals surface area contributed by atoms with Gasteiger partial charge in [0, 0.05) is 36.6 Å². The average molecular weight is 576 g/mol. The van der Waals surface area contributed by atoms with Crippen LogP contribution in [0, 0.1) is 5.92 Å². The molecule has 0 fully saturated rings. The molecule has 42 heavy (non-hydrogen) atoms. The van der Waals surface area contributed by atoms with E-state index >= 15 is 0 Å². The lowest BCUT2D eigenvalue weighted by Gasteiger charge is -2.38. The molecule has 0 aliphatic carbocycles. The molecule has 4 N–H and O–H groups in total. The Labute approximate surface area is 245 Å². The van der Waals surface area contributed by atoms with Crippen LogP contribution < -0.4 is 25.4 Å². The lowest BCUT2D eigenvalue weighted by atomic mass is 9.99. The third kappa shape index (κ3) is 7.49. The zero-order valence-corrected chi connectivity index (χ0v) is 24.2. The van der Waals surface area contributed by atoms with Gasteiger partial charge in [0.1, 0.15) is 17.6 Å². The van der Waals surface area contributed by atoms with Gasteiger partial charge < -0.3 is 40.3 Å². The van der Waals surface area contributed by atoms with Crippen molar-refractivity contribution in [2.45, 2.75) is 26.0 Å². The topological polar surface area (TPSA) is 132 Å². The third-order valence-electron chi connectivity index (χ3n) is 7.10. The van der Waals surface area contributed by atoms with Crippen molar-refractivity contribution in [3.05, 3.63) is 78.4 Å². The van der Waals surface area contributed by atoms with Gasteiger partial charge in [-0.05, 0) is 61.5 Å². The third-order valence-corrected chi connectivity index (χ3v) is 7.10. The molecule has 3 aromatic rings. The number of carbonyl (C=O) groups is 3. The van der Waals surface area contributed by atoms with Gasteiger partial charge >= 0.3 is 12.1 Å². The lowest BCUT2D eigenvalue weighted by Crippen LogP contribution is -2.50. The molecule has 0 bridgehead atoms. The number of amides is 5. The second-order valence-electron chi connectivity index (χ2n) is 10.3. The monoisotopic (exact) mass is 575 g/mol. The summed E-state index contributed by atoms with van der Waals surface area (Å²) in [4.78, 5) is 42.4. The minimum absolute atomic E-state index is 0.170. The Kier molecular flexibility index (Phi) is 9.87. The highest BCUT2D eigenvalue weighted by Gasteiger charge is 2.34. The molecule has 1 aliphatic heterocycles. The van der Waals surface area contributed by atoms with E-state index in [9.17, 15) is 19.5 Å². The summed E-state index contributed by atoms with van der Waals surface area (Å²) in [6, 6.07) is 19.6. The van der Waals surface area contributed by atoms with E-state index in [1.807, 2.05) is 25.1 Å². The van der Waals surface area contributed by atoms with E-state index in [0.717, 1.165) is 0 Å². The summed E-state index contributed by atoms with van der Waals surface area (Å²) in [5.41, 5.74) is 1.87. The Morgan fingerprint density at radius 1 is 1.02 bits per heavy atom. The van der Waals surface area contributed by atoms with Gasteiger partial charge in [-0.25, -0.2) is 9.59 Å². The number of fused-ring (bicyclic) bond motifs is 1. The number of ether oxygens (including phenoxy) is 2. The van der Waals surface area contributed by atoms with Crippen LogP contribution in [0.15, 0.2) is 72.8 Å². The average Bonchev–Trinajstić information content (AvgIpc) is 2.99. The van der Waals surface area contributed by atoms with Gasteiger partial charge in [0.2, 0.25) is 0 Å². The van der Waals surface area contributed by atoms with Crippen molar-refractivity contribution in [1.29, 1.82) is 0 Å². The van der Waals surface area contributed by atoms with Gasteiger partial charge in [0.05, 0.1) is 31.9 Å². The van der Waals surface area contributed by atoms with Gasteiger partial charge in [0.15, 0.2) is 0 Å². The second-order valence-corrected chi connectivity index (χ2v) is 10.3. The lowest BCUT2D eigenvalue weighted by molar-refractivity contribution is 0.0371. The number of aliphatic hydroxyl groups is 1. The molecular weight excluding hydrogens is 538 g/mol. The molecule has 0 aromatic heterocycles. The summed E-state index contributed by atoms with van der Waals surface area (Å²) in [5.74, 6) is 0.491. The number of methoxy groups -OCH3 is 1. The van der Waals surface area contributed by atoms with Crippen LogP contribution in [0.5, 0.6) is 11.5 Å². The molecule has 1 heterocycles. The van der Waals surface area contributed by atoms with Gasteiger partial charge in [-0.1, -0.05) is 25.1 Å². The number of likely N-dealkylation sites (N-methyl/N-ethyl adjacent to an activating group) is 1. The number of urea groups is 2. The molecule has 0 spiro atoms. The number of hydrogen-bond donors (Lipinski definition) is 4. The van der Waals surface area contributed by atoms with Crippen molar-refractivity contribution in [1.82, 2.24) is 9.80 Å². The van der Waals surface area contributed by atoms with Crippen molar-refractivity contribution < 1.29 is 29.0 Å². The van der Waals surface area contributed by atoms with Crippen LogP contribution in [0.2, 0.25) is 0 Å². The van der Waals surface area contributed by atoms with Gasteiger partial charge in [0.25, 0.3) is 5.91 Å². The summed E-state index contributed by atoms with van der Waals surface area (Å²) in [7, 11) is 3.24. The van der Waals surface area contributed by atoms with Crippen molar-refractivity contribution in [2.24, 2.45) is 5.92 Å². The first-order valence-electron chi connectivity index (χ1n) is 13.7. The molecule has 0 saturated heterocycles. The first-order chi connectivity index (χ1) is 20.2. The summed E-state index contributed by atoms with van der Waals surface area (Å²) in [5, 5.41) is 18.3. The number of benzene rings is 3. The quantitative estimate of drug-likeness (QED) is 0.307. The Bertz CT molecular complexity index is 1380. The first kappa shape index (κ1) is 30.2. The van der Waals surface area contributed by atoms with Crippen LogP contribution in [0.1, 0.15) is 24.2 Å². The Morgan fingerprint density at radius 2 is 1.67 bits per heavy atom. The number of rotatable bonds is 8. The standard InChI is InChI=1S/C31H37N5O6/c1-20-17-36(21(2)19-37)29(38)26-16-24(33-30(39)32-23-10-13-25(41-4)14-11-23)12-15-27(26)42-28(20)18-35(3)31(40)34-22-8-6-5-7-9-22/h5-16,20-21,28,37H,17-19H2,1-4H3,(H,34,40)(H2,32,33,39)/t20-,21-,28-/m1/s1. The molecule has 4 rings (SSSR count). The second kappa shape index (κ2) is 13.7. The van der Waals surface area contributed by atoms with E-state index in [4.69, 9.17) is 9.47 Å². The SMILES string of the molecule is COc1ccc(NC(=O)Nc2ccc3c(c2)C(=O)N([C@H](C)CO)C[C@@H](C)[C@@H](CN(C)C(=O)Nc2ccccc2)O3)cc1. The minimum atomic E-state index is -0.488. The van der Waals surface area contributed by atoms with Gasteiger partial charge in [-0.2, -0.15) is 0 Å². The van der Waals surface area contributed by atoms with Crippen LogP contribution >= 0.6 is 0 Å². The number of carbonyl (C=O) groups excluding carboxylic acids is 3. The van der Waals surface area contributed by atoms with Crippen LogP contribution in [0.4, 0.5) is 26.7 Å². The van der Waals surface area contributed by atoms with E-state index in [0.29, 0.717) is 35.1 Å². The van der Waals surface area contributed by atoms with E-state index in [2.05, 4.69) is 16.0 Å².